The van der Waals surface area contributed by atoms with Gasteiger partial charge in [0.05, 0.1) is 6.20 Å². The van der Waals surface area contributed by atoms with E-state index in [4.69, 9.17) is 5.73 Å². The van der Waals surface area contributed by atoms with Crippen molar-refractivity contribution < 1.29 is 8.42 Å². The summed E-state index contributed by atoms with van der Waals surface area (Å²) >= 11 is 0. The first kappa shape index (κ1) is 18.1. The van der Waals surface area contributed by atoms with E-state index in [1.54, 1.807) is 0 Å². The number of hydrogen-bond acceptors (Lipinski definition) is 5. The van der Waals surface area contributed by atoms with Gasteiger partial charge in [0.25, 0.3) is 10.0 Å². The maximum atomic E-state index is 12.6. The van der Waals surface area contributed by atoms with Gasteiger partial charge in [-0.15, -0.1) is 0 Å². The first-order valence-electron chi connectivity index (χ1n) is 7.45. The smallest absolute Gasteiger partial charge is 0.260 e. The van der Waals surface area contributed by atoms with Crippen molar-refractivity contribution in [1.29, 1.82) is 0 Å². The van der Waals surface area contributed by atoms with E-state index in [0.717, 1.165) is 26.1 Å². The molecule has 0 saturated heterocycles. The monoisotopic (exact) mass is 317 g/mol. The van der Waals surface area contributed by atoms with Crippen molar-refractivity contribution in [3.05, 3.63) is 11.8 Å². The van der Waals surface area contributed by atoms with Crippen molar-refractivity contribution >= 4 is 10.0 Å². The SMILES string of the molecule is CCN(CC)CCCN(CC)S(=O)(=O)c1[nH]ncc1CN. The van der Waals surface area contributed by atoms with Gasteiger partial charge in [0.2, 0.25) is 0 Å². The Kier molecular flexibility index (Phi) is 7.30. The molecule has 122 valence electrons. The van der Waals surface area contributed by atoms with Crippen LogP contribution >= 0.6 is 0 Å². The summed E-state index contributed by atoms with van der Waals surface area (Å²) in [6, 6.07) is 0. The lowest BCUT2D eigenvalue weighted by Crippen LogP contribution is -2.35. The van der Waals surface area contributed by atoms with Crippen LogP contribution in [-0.2, 0) is 16.6 Å². The van der Waals surface area contributed by atoms with Crippen molar-refractivity contribution in [1.82, 2.24) is 19.4 Å². The molecule has 0 fully saturated rings. The van der Waals surface area contributed by atoms with Crippen LogP contribution in [0.5, 0.6) is 0 Å². The third-order valence-corrected chi connectivity index (χ3v) is 5.61. The Labute approximate surface area is 127 Å². The van der Waals surface area contributed by atoms with Gasteiger partial charge in [-0.1, -0.05) is 20.8 Å². The normalized spacial score (nSPS) is 12.5. The molecule has 0 aliphatic heterocycles. The maximum absolute atomic E-state index is 12.6. The number of aromatic amines is 1. The van der Waals surface area contributed by atoms with Gasteiger partial charge < -0.3 is 10.6 Å². The number of aromatic nitrogens is 2. The Morgan fingerprint density at radius 2 is 1.86 bits per heavy atom. The maximum Gasteiger partial charge on any atom is 0.260 e. The molecule has 7 nitrogen and oxygen atoms in total. The number of rotatable bonds is 10. The van der Waals surface area contributed by atoms with E-state index < -0.39 is 10.0 Å². The molecule has 1 aromatic rings. The second kappa shape index (κ2) is 8.47. The van der Waals surface area contributed by atoms with Crippen LogP contribution in [0.2, 0.25) is 0 Å². The van der Waals surface area contributed by atoms with E-state index in [9.17, 15) is 8.42 Å². The first-order valence-corrected chi connectivity index (χ1v) is 8.89. The Morgan fingerprint density at radius 3 is 2.38 bits per heavy atom. The molecule has 0 bridgehead atoms. The van der Waals surface area contributed by atoms with Crippen LogP contribution in [0, 0.1) is 0 Å². The van der Waals surface area contributed by atoms with Gasteiger partial charge in [-0.3, -0.25) is 5.10 Å². The zero-order valence-corrected chi connectivity index (χ0v) is 14.0. The molecule has 1 aromatic heterocycles. The van der Waals surface area contributed by atoms with E-state index in [-0.39, 0.29) is 11.6 Å². The van der Waals surface area contributed by atoms with E-state index in [1.807, 2.05) is 6.92 Å². The Morgan fingerprint density at radius 1 is 1.19 bits per heavy atom. The molecule has 0 aliphatic carbocycles. The van der Waals surface area contributed by atoms with Crippen molar-refractivity contribution in [2.75, 3.05) is 32.7 Å². The summed E-state index contributed by atoms with van der Waals surface area (Å²) in [6.07, 6.45) is 2.28. The third-order valence-electron chi connectivity index (χ3n) is 3.62. The van der Waals surface area contributed by atoms with Gasteiger partial charge in [-0.05, 0) is 26.1 Å². The highest BCUT2D eigenvalue weighted by Gasteiger charge is 2.26. The molecule has 0 atom stereocenters. The average Bonchev–Trinajstić information content (AvgIpc) is 2.96. The largest absolute Gasteiger partial charge is 0.326 e. The summed E-state index contributed by atoms with van der Waals surface area (Å²) in [7, 11) is -3.55. The lowest BCUT2D eigenvalue weighted by atomic mass is 10.3. The van der Waals surface area contributed by atoms with Crippen molar-refractivity contribution in [2.45, 2.75) is 38.8 Å². The molecule has 1 heterocycles. The molecular formula is C13H27N5O2S. The topological polar surface area (TPSA) is 95.3 Å². The lowest BCUT2D eigenvalue weighted by Gasteiger charge is -2.23. The van der Waals surface area contributed by atoms with Gasteiger partial charge in [0.1, 0.15) is 0 Å². The summed E-state index contributed by atoms with van der Waals surface area (Å²) in [5, 5.41) is 6.48. The van der Waals surface area contributed by atoms with E-state index in [1.165, 1.54) is 10.5 Å². The van der Waals surface area contributed by atoms with Crippen LogP contribution < -0.4 is 5.73 Å². The van der Waals surface area contributed by atoms with Crippen molar-refractivity contribution in [3.8, 4) is 0 Å². The average molecular weight is 317 g/mol. The Hall–Kier alpha value is -0.960. The van der Waals surface area contributed by atoms with Crippen molar-refractivity contribution in [3.63, 3.8) is 0 Å². The van der Waals surface area contributed by atoms with Gasteiger partial charge in [0, 0.05) is 25.2 Å². The molecule has 1 rings (SSSR count). The molecule has 21 heavy (non-hydrogen) atoms. The number of nitrogens with zero attached hydrogens (tertiary/aromatic N) is 3. The predicted octanol–water partition coefficient (Wildman–Crippen LogP) is 0.611. The number of nitrogens with one attached hydrogen (secondary N) is 1. The highest BCUT2D eigenvalue weighted by Crippen LogP contribution is 2.17. The summed E-state index contributed by atoms with van der Waals surface area (Å²) in [5.41, 5.74) is 6.08. The second-order valence-corrected chi connectivity index (χ2v) is 6.68. The number of sulfonamides is 1. The predicted molar refractivity (Wildman–Crippen MR) is 83.3 cm³/mol. The fourth-order valence-electron chi connectivity index (χ4n) is 2.26. The first-order chi connectivity index (χ1) is 10.0. The number of hydrogen-bond donors (Lipinski definition) is 2. The van der Waals surface area contributed by atoms with Crippen LogP contribution in [0.1, 0.15) is 32.8 Å². The molecule has 0 aromatic carbocycles. The fourth-order valence-corrected chi connectivity index (χ4v) is 3.86. The molecule has 0 spiro atoms. The molecule has 0 unspecified atom stereocenters. The molecule has 0 radical (unpaired) electrons. The van der Waals surface area contributed by atoms with Crippen molar-refractivity contribution in [2.24, 2.45) is 5.73 Å². The third kappa shape index (κ3) is 4.50. The van der Waals surface area contributed by atoms with E-state index >= 15 is 0 Å². The molecule has 8 heteroatoms. The minimum absolute atomic E-state index is 0.120. The second-order valence-electron chi connectivity index (χ2n) is 4.81. The van der Waals surface area contributed by atoms with E-state index in [2.05, 4.69) is 28.9 Å². The lowest BCUT2D eigenvalue weighted by molar-refractivity contribution is 0.285. The zero-order valence-electron chi connectivity index (χ0n) is 13.2. The fraction of sp³-hybridized carbons (Fsp3) is 0.769. The number of H-pyrrole nitrogens is 1. The molecule has 0 saturated carbocycles. The van der Waals surface area contributed by atoms with E-state index in [0.29, 0.717) is 18.7 Å². The summed E-state index contributed by atoms with van der Waals surface area (Å²) in [4.78, 5) is 2.28. The van der Waals surface area contributed by atoms with Gasteiger partial charge in [-0.2, -0.15) is 9.40 Å². The molecular weight excluding hydrogens is 290 g/mol. The zero-order chi connectivity index (χ0) is 15.9. The Bertz CT molecular complexity index is 510. The van der Waals surface area contributed by atoms with Crippen LogP contribution in [-0.4, -0.2) is 60.5 Å². The molecule has 0 aliphatic rings. The highest BCUT2D eigenvalue weighted by atomic mass is 32.2. The Balaban J connectivity index is 2.75. The van der Waals surface area contributed by atoms with Gasteiger partial charge in [-0.25, -0.2) is 8.42 Å². The summed E-state index contributed by atoms with van der Waals surface area (Å²) < 4.78 is 26.7. The van der Waals surface area contributed by atoms with Crippen LogP contribution in [0.25, 0.3) is 0 Å². The number of nitrogens with two attached hydrogens (primary N) is 1. The summed E-state index contributed by atoms with van der Waals surface area (Å²) in [6.45, 7) is 10.00. The van der Waals surface area contributed by atoms with Crippen LogP contribution in [0.15, 0.2) is 11.2 Å². The molecule has 0 amide bonds. The highest BCUT2D eigenvalue weighted by molar-refractivity contribution is 7.89. The van der Waals surface area contributed by atoms with Crippen LogP contribution in [0.4, 0.5) is 0 Å². The molecule has 3 N–H and O–H groups in total. The minimum Gasteiger partial charge on any atom is -0.326 e. The summed E-state index contributed by atoms with van der Waals surface area (Å²) in [5.74, 6) is 0. The van der Waals surface area contributed by atoms with Gasteiger partial charge >= 0.3 is 0 Å². The standard InChI is InChI=1S/C13H27N5O2S/c1-4-17(5-2)8-7-9-18(6-3)21(19,20)13-12(10-14)11-15-16-13/h11H,4-10,14H2,1-3H3,(H,15,16). The minimum atomic E-state index is -3.55. The van der Waals surface area contributed by atoms with Crippen LogP contribution in [0.3, 0.4) is 0 Å². The quantitative estimate of drug-likeness (QED) is 0.659. The van der Waals surface area contributed by atoms with Gasteiger partial charge in [0.15, 0.2) is 5.03 Å².